The molecular formula is C22H22ClF2NOS. The molecule has 0 unspecified atom stereocenters. The molecule has 0 radical (unpaired) electrons. The minimum absolute atomic E-state index is 0.0140. The van der Waals surface area contributed by atoms with E-state index < -0.39 is 5.92 Å². The number of halogens is 3. The molecule has 0 atom stereocenters. The number of nitrogens with zero attached hydrogens (tertiary/aromatic N) is 1. The fourth-order valence-corrected chi connectivity index (χ4v) is 4.14. The van der Waals surface area contributed by atoms with Crippen LogP contribution in [0.1, 0.15) is 42.5 Å². The molecule has 0 N–H and O–H groups in total. The zero-order valence-electron chi connectivity index (χ0n) is 16.1. The minimum Gasteiger partial charge on any atom is -0.489 e. The fourth-order valence-electron chi connectivity index (χ4n) is 3.04. The molecule has 148 valence electrons. The lowest BCUT2D eigenvalue weighted by molar-refractivity contribution is 0.0162. The standard InChI is InChI=1S/C22H22ClF2NOS/c1-4-5-15-10-11-17(12-19(15)22(3,24)25)27-13-18-20(28-26-21(18)23)16-8-6-14(2)7-9-16/h6-12H,4-5,13H2,1-3H3. The normalized spacial score (nSPS) is 11.6. The summed E-state index contributed by atoms with van der Waals surface area (Å²) in [6.45, 7) is 5.08. The number of benzene rings is 2. The van der Waals surface area contributed by atoms with Gasteiger partial charge in [0, 0.05) is 18.1 Å². The second-order valence-electron chi connectivity index (χ2n) is 6.89. The smallest absolute Gasteiger partial charge is 0.270 e. The molecular weight excluding hydrogens is 400 g/mol. The quantitative estimate of drug-likeness (QED) is 0.396. The van der Waals surface area contributed by atoms with E-state index in [9.17, 15) is 8.78 Å². The van der Waals surface area contributed by atoms with E-state index in [1.165, 1.54) is 17.6 Å². The van der Waals surface area contributed by atoms with Crippen LogP contribution >= 0.6 is 23.1 Å². The van der Waals surface area contributed by atoms with Crippen molar-refractivity contribution in [3.05, 3.63) is 69.9 Å². The summed E-state index contributed by atoms with van der Waals surface area (Å²) in [4.78, 5) is 0.925. The number of rotatable bonds is 7. The minimum atomic E-state index is -2.92. The lowest BCUT2D eigenvalue weighted by atomic mass is 9.98. The van der Waals surface area contributed by atoms with Gasteiger partial charge in [0.25, 0.3) is 5.92 Å². The van der Waals surface area contributed by atoms with Gasteiger partial charge < -0.3 is 4.74 Å². The lowest BCUT2D eigenvalue weighted by Gasteiger charge is -2.17. The van der Waals surface area contributed by atoms with Crippen LogP contribution in [0.4, 0.5) is 8.78 Å². The van der Waals surface area contributed by atoms with Crippen LogP contribution in [-0.2, 0) is 19.0 Å². The molecule has 3 rings (SSSR count). The number of hydrogen-bond acceptors (Lipinski definition) is 3. The third kappa shape index (κ3) is 4.70. The summed E-state index contributed by atoms with van der Waals surface area (Å²) >= 11 is 7.57. The third-order valence-electron chi connectivity index (χ3n) is 4.51. The molecule has 6 heteroatoms. The van der Waals surface area contributed by atoms with E-state index >= 15 is 0 Å². The Morgan fingerprint density at radius 1 is 1.14 bits per heavy atom. The summed E-state index contributed by atoms with van der Waals surface area (Å²) in [5.41, 5.74) is 3.60. The Labute approximate surface area is 173 Å². The first kappa shape index (κ1) is 20.7. The molecule has 0 spiro atoms. The average Bonchev–Trinajstić information content (AvgIpc) is 3.01. The lowest BCUT2D eigenvalue weighted by Crippen LogP contribution is -2.11. The van der Waals surface area contributed by atoms with Crippen LogP contribution in [0.5, 0.6) is 5.75 Å². The Kier molecular flexibility index (Phi) is 6.36. The summed E-state index contributed by atoms with van der Waals surface area (Å²) in [6, 6.07) is 13.0. The van der Waals surface area contributed by atoms with Gasteiger partial charge in [-0.3, -0.25) is 0 Å². The van der Waals surface area contributed by atoms with E-state index in [1.54, 1.807) is 12.1 Å². The summed E-state index contributed by atoms with van der Waals surface area (Å²) in [7, 11) is 0. The van der Waals surface area contributed by atoms with Gasteiger partial charge in [0.2, 0.25) is 0 Å². The van der Waals surface area contributed by atoms with Gasteiger partial charge in [-0.15, -0.1) is 0 Å². The van der Waals surface area contributed by atoms with Crippen molar-refractivity contribution in [1.82, 2.24) is 4.37 Å². The van der Waals surface area contributed by atoms with Crippen LogP contribution in [-0.4, -0.2) is 4.37 Å². The van der Waals surface area contributed by atoms with Crippen LogP contribution in [0.3, 0.4) is 0 Å². The second kappa shape index (κ2) is 8.58. The molecule has 3 aromatic rings. The highest BCUT2D eigenvalue weighted by molar-refractivity contribution is 7.10. The largest absolute Gasteiger partial charge is 0.489 e. The first-order valence-corrected chi connectivity index (χ1v) is 10.3. The summed E-state index contributed by atoms with van der Waals surface area (Å²) in [5, 5.41) is 0.379. The van der Waals surface area contributed by atoms with Crippen molar-refractivity contribution < 1.29 is 13.5 Å². The average molecular weight is 422 g/mol. The van der Waals surface area contributed by atoms with Crippen LogP contribution < -0.4 is 4.74 Å². The Hall–Kier alpha value is -1.98. The molecule has 0 fully saturated rings. The monoisotopic (exact) mass is 421 g/mol. The van der Waals surface area contributed by atoms with Crippen LogP contribution in [0.2, 0.25) is 5.15 Å². The van der Waals surface area contributed by atoms with Gasteiger partial charge in [-0.05, 0) is 48.1 Å². The van der Waals surface area contributed by atoms with E-state index in [2.05, 4.69) is 4.37 Å². The first-order valence-electron chi connectivity index (χ1n) is 9.14. The molecule has 0 saturated heterocycles. The summed E-state index contributed by atoms with van der Waals surface area (Å²) in [6.07, 6.45) is 1.41. The molecule has 2 nitrogen and oxygen atoms in total. The van der Waals surface area contributed by atoms with Crippen molar-refractivity contribution in [1.29, 1.82) is 0 Å². The molecule has 0 aliphatic rings. The van der Waals surface area contributed by atoms with Gasteiger partial charge in [0.05, 0.1) is 4.88 Å². The predicted octanol–water partition coefficient (Wildman–Crippen LogP) is 7.42. The van der Waals surface area contributed by atoms with Crippen molar-refractivity contribution in [2.24, 2.45) is 0 Å². The second-order valence-corrected chi connectivity index (χ2v) is 8.02. The highest BCUT2D eigenvalue weighted by atomic mass is 35.5. The van der Waals surface area contributed by atoms with Gasteiger partial charge >= 0.3 is 0 Å². The fraction of sp³-hybridized carbons (Fsp3) is 0.318. The zero-order chi connectivity index (χ0) is 20.3. The Morgan fingerprint density at radius 2 is 1.86 bits per heavy atom. The third-order valence-corrected chi connectivity index (χ3v) is 5.86. The van der Waals surface area contributed by atoms with E-state index in [0.717, 1.165) is 34.9 Å². The predicted molar refractivity (Wildman–Crippen MR) is 112 cm³/mol. The van der Waals surface area contributed by atoms with Crippen molar-refractivity contribution in [2.45, 2.75) is 46.1 Å². The van der Waals surface area contributed by atoms with E-state index in [0.29, 0.717) is 22.9 Å². The van der Waals surface area contributed by atoms with Crippen LogP contribution in [0.15, 0.2) is 42.5 Å². The van der Waals surface area contributed by atoms with Gasteiger partial charge in [-0.2, -0.15) is 4.37 Å². The number of aromatic nitrogens is 1. The summed E-state index contributed by atoms with van der Waals surface area (Å²) < 4.78 is 38.1. The van der Waals surface area contributed by atoms with Gasteiger partial charge in [0.15, 0.2) is 0 Å². The van der Waals surface area contributed by atoms with Crippen molar-refractivity contribution >= 4 is 23.1 Å². The SMILES string of the molecule is CCCc1ccc(OCc2c(Cl)nsc2-c2ccc(C)cc2)cc1C(C)(F)F. The van der Waals surface area contributed by atoms with E-state index in [4.69, 9.17) is 16.3 Å². The van der Waals surface area contributed by atoms with Gasteiger partial charge in [-0.25, -0.2) is 8.78 Å². The number of hydrogen-bond donors (Lipinski definition) is 0. The molecule has 2 aromatic carbocycles. The molecule has 0 aliphatic heterocycles. The zero-order valence-corrected chi connectivity index (χ0v) is 17.6. The van der Waals surface area contributed by atoms with Crippen molar-refractivity contribution in [2.75, 3.05) is 0 Å². The highest BCUT2D eigenvalue weighted by Gasteiger charge is 2.28. The number of aryl methyl sites for hydroxylation is 2. The van der Waals surface area contributed by atoms with Crippen LogP contribution in [0.25, 0.3) is 10.4 Å². The van der Waals surface area contributed by atoms with E-state index in [1.807, 2.05) is 38.1 Å². The molecule has 1 aromatic heterocycles. The van der Waals surface area contributed by atoms with E-state index in [-0.39, 0.29) is 12.2 Å². The Balaban J connectivity index is 1.85. The maximum absolute atomic E-state index is 14.0. The van der Waals surface area contributed by atoms with Gasteiger partial charge in [0.1, 0.15) is 17.5 Å². The molecule has 1 heterocycles. The Morgan fingerprint density at radius 3 is 2.50 bits per heavy atom. The molecule has 0 aliphatic carbocycles. The van der Waals surface area contributed by atoms with Crippen molar-refractivity contribution in [3.8, 4) is 16.2 Å². The number of ether oxygens (including phenoxy) is 1. The maximum Gasteiger partial charge on any atom is 0.270 e. The first-order chi connectivity index (χ1) is 13.3. The topological polar surface area (TPSA) is 22.1 Å². The maximum atomic E-state index is 14.0. The molecule has 28 heavy (non-hydrogen) atoms. The molecule has 0 bridgehead atoms. The summed E-state index contributed by atoms with van der Waals surface area (Å²) in [5.74, 6) is -2.52. The van der Waals surface area contributed by atoms with Crippen LogP contribution in [0, 0.1) is 6.92 Å². The Bertz CT molecular complexity index is 948. The molecule has 0 amide bonds. The molecule has 0 saturated carbocycles. The highest BCUT2D eigenvalue weighted by Crippen LogP contribution is 2.36. The van der Waals surface area contributed by atoms with Crippen molar-refractivity contribution in [3.63, 3.8) is 0 Å². The van der Waals surface area contributed by atoms with Gasteiger partial charge in [-0.1, -0.05) is 60.8 Å². The number of alkyl halides is 2.